The van der Waals surface area contributed by atoms with Crippen LogP contribution in [0.15, 0.2) is 174 Å². The van der Waals surface area contributed by atoms with Crippen molar-refractivity contribution in [1.82, 2.24) is 4.57 Å². The lowest BCUT2D eigenvalue weighted by Crippen LogP contribution is -2.53. The summed E-state index contributed by atoms with van der Waals surface area (Å²) < 4.78 is 22.4. The van der Waals surface area contributed by atoms with Gasteiger partial charge in [0.1, 0.15) is 28.4 Å². The molecule has 0 radical (unpaired) electrons. The van der Waals surface area contributed by atoms with E-state index in [1.807, 2.05) is 30.3 Å². The molecule has 0 atom stereocenters. The van der Waals surface area contributed by atoms with E-state index >= 15 is 0 Å². The van der Waals surface area contributed by atoms with Crippen LogP contribution in [-0.4, -0.2) is 11.5 Å². The van der Waals surface area contributed by atoms with Gasteiger partial charge in [0, 0.05) is 43.6 Å². The summed E-state index contributed by atoms with van der Waals surface area (Å²) in [5.74, 6) is 2.49. The summed E-state index contributed by atoms with van der Waals surface area (Å²) in [5.41, 5.74) is 13.9. The van der Waals surface area contributed by atoms with E-state index in [1.165, 1.54) is 21.8 Å². The van der Waals surface area contributed by atoms with Gasteiger partial charge in [-0.25, -0.2) is 0 Å². The van der Waals surface area contributed by atoms with Crippen molar-refractivity contribution in [3.63, 3.8) is 0 Å². The Morgan fingerprint density at radius 2 is 1.11 bits per heavy atom. The van der Waals surface area contributed by atoms with Gasteiger partial charge >= 0.3 is 6.92 Å². The predicted molar refractivity (Wildman–Crippen MR) is 217 cm³/mol. The molecule has 2 aliphatic rings. The van der Waals surface area contributed by atoms with Crippen LogP contribution in [0.1, 0.15) is 0 Å². The molecule has 0 bridgehead atoms. The Hall–Kier alpha value is -6.98. The van der Waals surface area contributed by atoms with Gasteiger partial charge in [-0.15, -0.1) is 0 Å². The van der Waals surface area contributed by atoms with Gasteiger partial charge in [-0.05, 0) is 76.9 Å². The highest BCUT2D eigenvalue weighted by molar-refractivity contribution is 6.84. The normalized spacial score (nSPS) is 12.8. The average Bonchev–Trinajstić information content (AvgIpc) is 3.76. The average molecular weight is 678 g/mol. The van der Waals surface area contributed by atoms with Crippen molar-refractivity contribution < 1.29 is 13.8 Å². The fraction of sp³-hybridized carbons (Fsp3) is 0. The summed E-state index contributed by atoms with van der Waals surface area (Å²) in [7, 11) is 0. The summed E-state index contributed by atoms with van der Waals surface area (Å²) in [4.78, 5) is 0. The maximum absolute atomic E-state index is 7.03. The van der Waals surface area contributed by atoms with Gasteiger partial charge in [-0.1, -0.05) is 115 Å². The fourth-order valence-corrected chi connectivity index (χ4v) is 8.79. The van der Waals surface area contributed by atoms with E-state index < -0.39 is 0 Å². The molecule has 0 N–H and O–H groups in total. The van der Waals surface area contributed by atoms with Gasteiger partial charge in [0.25, 0.3) is 0 Å². The maximum Gasteiger partial charge on any atom is 0.434 e. The molecule has 0 spiro atoms. The molecule has 53 heavy (non-hydrogen) atoms. The van der Waals surface area contributed by atoms with Crippen LogP contribution < -0.4 is 20.3 Å². The van der Waals surface area contributed by atoms with E-state index in [0.717, 1.165) is 89.2 Å². The van der Waals surface area contributed by atoms with Crippen molar-refractivity contribution in [2.75, 3.05) is 0 Å². The number of rotatable bonds is 3. The molecule has 4 heterocycles. The molecule has 4 nitrogen and oxygen atoms in total. The third-order valence-electron chi connectivity index (χ3n) is 11.1. The Kier molecular flexibility index (Phi) is 5.83. The summed E-state index contributed by atoms with van der Waals surface area (Å²) in [6.45, 7) is -0.306. The minimum absolute atomic E-state index is 0.306. The van der Waals surface area contributed by atoms with Crippen LogP contribution in [0.2, 0.25) is 0 Å². The second kappa shape index (κ2) is 10.8. The Morgan fingerprint density at radius 3 is 1.98 bits per heavy atom. The Bertz CT molecular complexity index is 3100. The molecule has 10 aromatic rings. The van der Waals surface area contributed by atoms with Crippen LogP contribution in [0.3, 0.4) is 0 Å². The first-order chi connectivity index (χ1) is 26.3. The second-order valence-corrected chi connectivity index (χ2v) is 13.9. The topological polar surface area (TPSA) is 36.5 Å². The first-order valence-corrected chi connectivity index (χ1v) is 18.0. The molecule has 8 aromatic carbocycles. The summed E-state index contributed by atoms with van der Waals surface area (Å²) in [5, 5.41) is 4.70. The van der Waals surface area contributed by atoms with Crippen molar-refractivity contribution >= 4 is 61.6 Å². The lowest BCUT2D eigenvalue weighted by Gasteiger charge is -2.33. The minimum atomic E-state index is -0.306. The number of benzene rings is 8. The van der Waals surface area contributed by atoms with Crippen molar-refractivity contribution in [2.45, 2.75) is 0 Å². The number of ether oxygens (including phenoxy) is 1. The largest absolute Gasteiger partial charge is 0.551 e. The zero-order valence-corrected chi connectivity index (χ0v) is 28.4. The molecule has 0 unspecified atom stereocenters. The summed E-state index contributed by atoms with van der Waals surface area (Å²) in [6.07, 6.45) is 0. The second-order valence-electron chi connectivity index (χ2n) is 13.9. The Balaban J connectivity index is 1.09. The Morgan fingerprint density at radius 1 is 0.434 bits per heavy atom. The van der Waals surface area contributed by atoms with Gasteiger partial charge in [-0.2, -0.15) is 0 Å². The van der Waals surface area contributed by atoms with E-state index in [1.54, 1.807) is 0 Å². The predicted octanol–water partition coefficient (Wildman–Crippen LogP) is 11.3. The lowest BCUT2D eigenvalue weighted by molar-refractivity contribution is 0.479. The molecule has 246 valence electrons. The van der Waals surface area contributed by atoms with Crippen molar-refractivity contribution in [2.24, 2.45) is 0 Å². The molecule has 12 rings (SSSR count). The first kappa shape index (κ1) is 28.7. The molecule has 2 aliphatic heterocycles. The molecule has 0 amide bonds. The van der Waals surface area contributed by atoms with E-state index in [-0.39, 0.29) is 6.92 Å². The van der Waals surface area contributed by atoms with Crippen LogP contribution in [-0.2, 0) is 0 Å². The smallest absolute Gasteiger partial charge is 0.434 e. The van der Waals surface area contributed by atoms with Crippen LogP contribution in [0.4, 0.5) is 0 Å². The lowest BCUT2D eigenvalue weighted by atomic mass is 9.50. The number of nitrogens with zero attached hydrogens (tertiary/aromatic N) is 1. The Labute approximate surface area is 305 Å². The molecule has 0 saturated carbocycles. The third kappa shape index (κ3) is 4.07. The molecule has 0 aliphatic carbocycles. The van der Waals surface area contributed by atoms with E-state index in [2.05, 4.69) is 144 Å². The highest BCUT2D eigenvalue weighted by atomic mass is 16.5. The van der Waals surface area contributed by atoms with Gasteiger partial charge in [-0.3, -0.25) is 0 Å². The first-order valence-electron chi connectivity index (χ1n) is 18.0. The van der Waals surface area contributed by atoms with Crippen molar-refractivity contribution in [1.29, 1.82) is 0 Å². The van der Waals surface area contributed by atoms with Gasteiger partial charge < -0.3 is 18.4 Å². The standard InChI is InChI=1S/C48H28BNO3/c1-6-18-39(50-40-19-7-2-13-33(40)34-14-3-8-20-41(34)50)31(12-1)30-26-37-35-25-24-29(32-16-11-23-44-47(32)36-15-4-9-21-42(36)51-44)27-45(35)53-49-38-17-5-10-22-43(38)52-46(28-30)48(37)49/h1-28H. The number of aromatic nitrogens is 1. The quantitative estimate of drug-likeness (QED) is 0.175. The van der Waals surface area contributed by atoms with E-state index in [4.69, 9.17) is 13.8 Å². The van der Waals surface area contributed by atoms with E-state index in [9.17, 15) is 0 Å². The zero-order chi connectivity index (χ0) is 34.6. The summed E-state index contributed by atoms with van der Waals surface area (Å²) in [6, 6.07) is 60.0. The fourth-order valence-electron chi connectivity index (χ4n) is 8.79. The number of furan rings is 1. The zero-order valence-electron chi connectivity index (χ0n) is 28.4. The third-order valence-corrected chi connectivity index (χ3v) is 11.1. The van der Waals surface area contributed by atoms with Crippen LogP contribution in [0.25, 0.3) is 82.8 Å². The molecule has 0 fully saturated rings. The molecular weight excluding hydrogens is 649 g/mol. The molecule has 5 heteroatoms. The van der Waals surface area contributed by atoms with E-state index in [0.29, 0.717) is 0 Å². The summed E-state index contributed by atoms with van der Waals surface area (Å²) >= 11 is 0. The molecule has 0 saturated heterocycles. The molecular formula is C48H28BNO3. The minimum Gasteiger partial charge on any atom is -0.551 e. The number of fused-ring (bicyclic) bond motifs is 10. The van der Waals surface area contributed by atoms with Crippen LogP contribution in [0, 0.1) is 0 Å². The van der Waals surface area contributed by atoms with Crippen molar-refractivity contribution in [3.05, 3.63) is 170 Å². The SMILES string of the molecule is c1ccc2c(c1)Oc1cc(-c3ccccc3-n3c4ccccc4c4ccccc43)cc3c1B2Oc1cc(-c2cccc4oc5ccccc5c24)ccc1-3. The van der Waals surface area contributed by atoms with Crippen molar-refractivity contribution in [3.8, 4) is 56.3 Å². The van der Waals surface area contributed by atoms with Gasteiger partial charge in [0.2, 0.25) is 0 Å². The molecule has 2 aromatic heterocycles. The number of hydrogen-bond donors (Lipinski definition) is 0. The van der Waals surface area contributed by atoms with Crippen LogP contribution >= 0.6 is 0 Å². The highest BCUT2D eigenvalue weighted by Crippen LogP contribution is 2.46. The highest BCUT2D eigenvalue weighted by Gasteiger charge is 2.41. The van der Waals surface area contributed by atoms with Gasteiger partial charge in [0.05, 0.1) is 16.7 Å². The number of para-hydroxylation sites is 5. The number of hydrogen-bond acceptors (Lipinski definition) is 3. The maximum atomic E-state index is 7.03. The monoisotopic (exact) mass is 677 g/mol. The van der Waals surface area contributed by atoms with Crippen LogP contribution in [0.5, 0.6) is 17.2 Å². The van der Waals surface area contributed by atoms with Gasteiger partial charge in [0.15, 0.2) is 0 Å².